The molecule has 0 aliphatic carbocycles. The molecular formula is C15H14F4N4O3. The molecule has 140 valence electrons. The summed E-state index contributed by atoms with van der Waals surface area (Å²) in [5, 5.41) is 14.3. The summed E-state index contributed by atoms with van der Waals surface area (Å²) in [5.41, 5.74) is -1.89. The Morgan fingerprint density at radius 2 is 1.88 bits per heavy atom. The van der Waals surface area contributed by atoms with Crippen molar-refractivity contribution in [2.24, 2.45) is 0 Å². The Bertz CT molecular complexity index is 802. The normalized spacial score (nSPS) is 11.3. The van der Waals surface area contributed by atoms with Gasteiger partial charge in [-0.25, -0.2) is 13.9 Å². The molecule has 0 aliphatic heterocycles. The third-order valence-electron chi connectivity index (χ3n) is 3.36. The van der Waals surface area contributed by atoms with E-state index in [4.69, 9.17) is 5.11 Å². The first-order chi connectivity index (χ1) is 12.1. The summed E-state index contributed by atoms with van der Waals surface area (Å²) >= 11 is 0. The predicted octanol–water partition coefficient (Wildman–Crippen LogP) is 2.97. The van der Waals surface area contributed by atoms with Gasteiger partial charge < -0.3 is 15.3 Å². The molecule has 0 saturated heterocycles. The lowest BCUT2D eigenvalue weighted by atomic mass is 10.3. The summed E-state index contributed by atoms with van der Waals surface area (Å²) in [6, 6.07) is 3.27. The molecule has 2 aromatic rings. The van der Waals surface area contributed by atoms with Crippen molar-refractivity contribution in [2.45, 2.75) is 12.6 Å². The number of rotatable bonds is 5. The Morgan fingerprint density at radius 1 is 1.27 bits per heavy atom. The number of carboxylic acids is 1. The molecular weight excluding hydrogens is 360 g/mol. The minimum Gasteiger partial charge on any atom is -0.481 e. The number of benzene rings is 1. The van der Waals surface area contributed by atoms with Gasteiger partial charge in [0, 0.05) is 13.6 Å². The number of aromatic nitrogens is 2. The first-order valence-electron chi connectivity index (χ1n) is 7.24. The lowest BCUT2D eigenvalue weighted by Crippen LogP contribution is -2.33. The van der Waals surface area contributed by atoms with Crippen molar-refractivity contribution in [3.8, 4) is 5.69 Å². The minimum atomic E-state index is -4.85. The van der Waals surface area contributed by atoms with E-state index in [1.165, 1.54) is 7.05 Å². The zero-order chi connectivity index (χ0) is 19.5. The van der Waals surface area contributed by atoms with E-state index in [0.717, 1.165) is 35.4 Å². The summed E-state index contributed by atoms with van der Waals surface area (Å²) in [5.74, 6) is -1.77. The molecule has 0 unspecified atom stereocenters. The molecule has 0 atom stereocenters. The molecule has 0 aliphatic rings. The van der Waals surface area contributed by atoms with Crippen LogP contribution in [0.15, 0.2) is 30.5 Å². The van der Waals surface area contributed by atoms with Crippen molar-refractivity contribution in [1.82, 2.24) is 14.7 Å². The first kappa shape index (κ1) is 19.2. The number of carbonyl (C=O) groups is 2. The van der Waals surface area contributed by atoms with E-state index in [1.807, 2.05) is 0 Å². The SMILES string of the molecule is CN(CCC(=O)O)C(=O)Nc1cnn(-c2ccc(F)cc2)c1C(F)(F)F. The average Bonchev–Trinajstić information content (AvgIpc) is 2.97. The summed E-state index contributed by atoms with van der Waals surface area (Å²) in [6.07, 6.45) is -4.40. The van der Waals surface area contributed by atoms with Gasteiger partial charge in [0.05, 0.1) is 24.0 Å². The van der Waals surface area contributed by atoms with Crippen LogP contribution in [0.25, 0.3) is 5.69 Å². The molecule has 7 nitrogen and oxygen atoms in total. The molecule has 0 saturated carbocycles. The number of carboxylic acid groups (broad SMARTS) is 1. The molecule has 1 aromatic heterocycles. The predicted molar refractivity (Wildman–Crippen MR) is 82.4 cm³/mol. The topological polar surface area (TPSA) is 87.5 Å². The van der Waals surface area contributed by atoms with Crippen LogP contribution < -0.4 is 5.32 Å². The van der Waals surface area contributed by atoms with E-state index in [1.54, 1.807) is 0 Å². The van der Waals surface area contributed by atoms with Gasteiger partial charge in [-0.2, -0.15) is 18.3 Å². The highest BCUT2D eigenvalue weighted by Crippen LogP contribution is 2.36. The Kier molecular flexibility index (Phi) is 5.48. The third-order valence-corrected chi connectivity index (χ3v) is 3.36. The fourth-order valence-electron chi connectivity index (χ4n) is 2.07. The number of halogens is 4. The van der Waals surface area contributed by atoms with E-state index < -0.39 is 35.4 Å². The lowest BCUT2D eigenvalue weighted by Gasteiger charge is -2.18. The van der Waals surface area contributed by atoms with Gasteiger partial charge >= 0.3 is 18.2 Å². The van der Waals surface area contributed by atoms with E-state index in [0.29, 0.717) is 4.68 Å². The van der Waals surface area contributed by atoms with E-state index in [9.17, 15) is 27.2 Å². The molecule has 0 bridgehead atoms. The van der Waals surface area contributed by atoms with Crippen LogP contribution in [0.3, 0.4) is 0 Å². The Labute approximate surface area is 144 Å². The molecule has 2 N–H and O–H groups in total. The molecule has 11 heteroatoms. The molecule has 26 heavy (non-hydrogen) atoms. The van der Waals surface area contributed by atoms with Gasteiger partial charge in [-0.1, -0.05) is 0 Å². The summed E-state index contributed by atoms with van der Waals surface area (Å²) in [7, 11) is 1.25. The quantitative estimate of drug-likeness (QED) is 0.788. The van der Waals surface area contributed by atoms with Crippen LogP contribution in [0.2, 0.25) is 0 Å². The number of aliphatic carboxylic acids is 1. The van der Waals surface area contributed by atoms with Gasteiger partial charge in [0.2, 0.25) is 0 Å². The first-order valence-corrected chi connectivity index (χ1v) is 7.24. The second-order valence-electron chi connectivity index (χ2n) is 5.29. The maximum absolute atomic E-state index is 13.4. The molecule has 0 fully saturated rings. The summed E-state index contributed by atoms with van der Waals surface area (Å²) in [4.78, 5) is 23.4. The Morgan fingerprint density at radius 3 is 2.42 bits per heavy atom. The van der Waals surface area contributed by atoms with E-state index >= 15 is 0 Å². The van der Waals surface area contributed by atoms with Crippen LogP contribution in [0.5, 0.6) is 0 Å². The Balaban J connectivity index is 2.30. The fraction of sp³-hybridized carbons (Fsp3) is 0.267. The summed E-state index contributed by atoms with van der Waals surface area (Å²) < 4.78 is 53.8. The molecule has 2 amide bonds. The number of amides is 2. The molecule has 2 rings (SSSR count). The second kappa shape index (κ2) is 7.42. The largest absolute Gasteiger partial charge is 0.481 e. The van der Waals surface area contributed by atoms with Crippen molar-refractivity contribution in [1.29, 1.82) is 0 Å². The molecule has 0 spiro atoms. The van der Waals surface area contributed by atoms with Crippen LogP contribution in [-0.2, 0) is 11.0 Å². The number of urea groups is 1. The van der Waals surface area contributed by atoms with Crippen molar-refractivity contribution < 1.29 is 32.3 Å². The highest BCUT2D eigenvalue weighted by molar-refractivity contribution is 5.90. The zero-order valence-corrected chi connectivity index (χ0v) is 13.4. The van der Waals surface area contributed by atoms with Crippen molar-refractivity contribution in [3.63, 3.8) is 0 Å². The second-order valence-corrected chi connectivity index (χ2v) is 5.29. The lowest BCUT2D eigenvalue weighted by molar-refractivity contribution is -0.142. The van der Waals surface area contributed by atoms with Gasteiger partial charge in [-0.3, -0.25) is 4.79 Å². The maximum Gasteiger partial charge on any atom is 0.435 e. The van der Waals surface area contributed by atoms with Gasteiger partial charge in [-0.05, 0) is 24.3 Å². The number of nitrogens with zero attached hydrogens (tertiary/aromatic N) is 3. The van der Waals surface area contributed by atoms with Gasteiger partial charge in [0.15, 0.2) is 5.69 Å². The van der Waals surface area contributed by atoms with E-state index in [2.05, 4.69) is 10.4 Å². The van der Waals surface area contributed by atoms with Crippen molar-refractivity contribution in [2.75, 3.05) is 18.9 Å². The number of carbonyl (C=O) groups excluding carboxylic acids is 1. The molecule has 0 radical (unpaired) electrons. The van der Waals surface area contributed by atoms with Crippen LogP contribution in [-0.4, -0.2) is 45.4 Å². The fourth-order valence-corrected chi connectivity index (χ4v) is 2.07. The smallest absolute Gasteiger partial charge is 0.435 e. The number of anilines is 1. The standard InChI is InChI=1S/C15H14F4N4O3/c1-22(7-6-12(24)25)14(26)21-11-8-20-23(13(11)15(17,18)19)10-4-2-9(16)3-5-10/h2-5,8H,6-7H2,1H3,(H,21,26)(H,24,25). The number of hydrogen-bond donors (Lipinski definition) is 2. The van der Waals surface area contributed by atoms with Gasteiger partial charge in [0.1, 0.15) is 5.82 Å². The number of hydrogen-bond acceptors (Lipinski definition) is 3. The van der Waals surface area contributed by atoms with E-state index in [-0.39, 0.29) is 18.7 Å². The number of nitrogens with one attached hydrogen (secondary N) is 1. The van der Waals surface area contributed by atoms with Crippen LogP contribution in [0, 0.1) is 5.82 Å². The molecule has 1 heterocycles. The maximum atomic E-state index is 13.4. The number of alkyl halides is 3. The summed E-state index contributed by atoms with van der Waals surface area (Å²) in [6.45, 7) is -0.186. The van der Waals surface area contributed by atoms with Crippen molar-refractivity contribution in [3.05, 3.63) is 42.0 Å². The van der Waals surface area contributed by atoms with Crippen molar-refractivity contribution >= 4 is 17.7 Å². The molecule has 1 aromatic carbocycles. The Hall–Kier alpha value is -3.11. The van der Waals surface area contributed by atoms with Crippen LogP contribution in [0.4, 0.5) is 28.0 Å². The minimum absolute atomic E-state index is 0.0431. The zero-order valence-electron chi connectivity index (χ0n) is 13.4. The van der Waals surface area contributed by atoms with Gasteiger partial charge in [0.25, 0.3) is 0 Å². The monoisotopic (exact) mass is 374 g/mol. The highest BCUT2D eigenvalue weighted by Gasteiger charge is 2.39. The van der Waals surface area contributed by atoms with Gasteiger partial charge in [-0.15, -0.1) is 0 Å². The highest BCUT2D eigenvalue weighted by atomic mass is 19.4. The third kappa shape index (κ3) is 4.49. The van der Waals surface area contributed by atoms with Crippen LogP contribution >= 0.6 is 0 Å². The van der Waals surface area contributed by atoms with Crippen LogP contribution in [0.1, 0.15) is 12.1 Å². The average molecular weight is 374 g/mol.